The highest BCUT2D eigenvalue weighted by molar-refractivity contribution is 6.36. The van der Waals surface area contributed by atoms with Crippen molar-refractivity contribution in [3.63, 3.8) is 0 Å². The molecule has 1 aliphatic rings. The van der Waals surface area contributed by atoms with E-state index in [1.165, 1.54) is 12.8 Å². The van der Waals surface area contributed by atoms with Crippen LogP contribution >= 0.6 is 23.2 Å². The smallest absolute Gasteiger partial charge is 0.0500 e. The monoisotopic (exact) mass is 258 g/mol. The van der Waals surface area contributed by atoms with Crippen molar-refractivity contribution in [2.45, 2.75) is 18.9 Å². The van der Waals surface area contributed by atoms with E-state index in [1.54, 1.807) is 0 Å². The second-order valence-corrected chi connectivity index (χ2v) is 4.94. The molecule has 4 heteroatoms. The van der Waals surface area contributed by atoms with Crippen LogP contribution in [0.5, 0.6) is 0 Å². The molecule has 1 fully saturated rings. The molecule has 0 bridgehead atoms. The van der Waals surface area contributed by atoms with Gasteiger partial charge in [0.25, 0.3) is 0 Å². The van der Waals surface area contributed by atoms with E-state index in [-0.39, 0.29) is 6.04 Å². The Morgan fingerprint density at radius 2 is 1.75 bits per heavy atom. The second kappa shape index (κ2) is 5.37. The Hall–Kier alpha value is -0.280. The van der Waals surface area contributed by atoms with Crippen molar-refractivity contribution in [2.75, 3.05) is 19.6 Å². The molecule has 1 aliphatic heterocycles. The van der Waals surface area contributed by atoms with Gasteiger partial charge in [0.1, 0.15) is 0 Å². The Kier molecular flexibility index (Phi) is 4.09. The lowest BCUT2D eigenvalue weighted by atomic mass is 10.1. The molecule has 1 atom stereocenters. The minimum absolute atomic E-state index is 0.156. The Morgan fingerprint density at radius 3 is 2.25 bits per heavy atom. The van der Waals surface area contributed by atoms with Crippen LogP contribution < -0.4 is 5.73 Å². The molecule has 0 amide bonds. The molecule has 0 aliphatic carbocycles. The number of hydrogen-bond donors (Lipinski definition) is 1. The van der Waals surface area contributed by atoms with E-state index in [9.17, 15) is 0 Å². The molecule has 88 valence electrons. The minimum Gasteiger partial charge on any atom is -0.329 e. The second-order valence-electron chi connectivity index (χ2n) is 4.13. The fraction of sp³-hybridized carbons (Fsp3) is 0.500. The van der Waals surface area contributed by atoms with Crippen LogP contribution in [-0.4, -0.2) is 24.5 Å². The summed E-state index contributed by atoms with van der Waals surface area (Å²) in [5, 5.41) is 1.43. The van der Waals surface area contributed by atoms with Gasteiger partial charge in [-0.15, -0.1) is 0 Å². The van der Waals surface area contributed by atoms with Crippen molar-refractivity contribution >= 4 is 23.2 Å². The van der Waals surface area contributed by atoms with Gasteiger partial charge in [-0.1, -0.05) is 29.3 Å². The van der Waals surface area contributed by atoms with Crippen molar-refractivity contribution in [3.8, 4) is 0 Å². The lowest BCUT2D eigenvalue weighted by Crippen LogP contribution is -2.31. The molecule has 2 nitrogen and oxygen atoms in total. The SMILES string of the molecule is NCC(c1c(Cl)cccc1Cl)N1CCCC1. The summed E-state index contributed by atoms with van der Waals surface area (Å²) < 4.78 is 0. The van der Waals surface area contributed by atoms with Crippen LogP contribution in [0.1, 0.15) is 24.4 Å². The average Bonchev–Trinajstić information content (AvgIpc) is 2.77. The third-order valence-corrected chi connectivity index (χ3v) is 3.80. The number of nitrogens with zero attached hydrogens (tertiary/aromatic N) is 1. The number of halogens is 2. The highest BCUT2D eigenvalue weighted by Crippen LogP contribution is 2.34. The Bertz CT molecular complexity index is 342. The van der Waals surface area contributed by atoms with Crippen LogP contribution in [0, 0.1) is 0 Å². The topological polar surface area (TPSA) is 29.3 Å². The minimum atomic E-state index is 0.156. The van der Waals surface area contributed by atoms with E-state index in [1.807, 2.05) is 18.2 Å². The Morgan fingerprint density at radius 1 is 1.19 bits per heavy atom. The Balaban J connectivity index is 2.32. The molecule has 0 spiro atoms. The molecule has 1 aromatic rings. The summed E-state index contributed by atoms with van der Waals surface area (Å²) >= 11 is 12.4. The summed E-state index contributed by atoms with van der Waals surface area (Å²) in [7, 11) is 0. The molecule has 2 rings (SSSR count). The van der Waals surface area contributed by atoms with Gasteiger partial charge in [0.2, 0.25) is 0 Å². The van der Waals surface area contributed by atoms with Crippen molar-refractivity contribution in [3.05, 3.63) is 33.8 Å². The van der Waals surface area contributed by atoms with Crippen molar-refractivity contribution in [2.24, 2.45) is 5.73 Å². The van der Waals surface area contributed by atoms with Gasteiger partial charge in [0, 0.05) is 28.2 Å². The van der Waals surface area contributed by atoms with Gasteiger partial charge in [-0.2, -0.15) is 0 Å². The van der Waals surface area contributed by atoms with Crippen LogP contribution in [0.25, 0.3) is 0 Å². The summed E-state index contributed by atoms with van der Waals surface area (Å²) in [6, 6.07) is 5.78. The standard InChI is InChI=1S/C12H16Cl2N2/c13-9-4-3-5-10(14)12(9)11(8-15)16-6-1-2-7-16/h3-5,11H,1-2,6-8,15H2. The van der Waals surface area contributed by atoms with E-state index < -0.39 is 0 Å². The first-order valence-corrected chi connectivity index (χ1v) is 6.37. The predicted molar refractivity (Wildman–Crippen MR) is 69.1 cm³/mol. The maximum atomic E-state index is 6.21. The third kappa shape index (κ3) is 2.35. The van der Waals surface area contributed by atoms with Gasteiger partial charge in [0.15, 0.2) is 0 Å². The Labute approximate surface area is 106 Å². The van der Waals surface area contributed by atoms with Gasteiger partial charge < -0.3 is 5.73 Å². The van der Waals surface area contributed by atoms with Gasteiger partial charge in [-0.3, -0.25) is 4.90 Å². The number of benzene rings is 1. The van der Waals surface area contributed by atoms with Crippen LogP contribution in [0.3, 0.4) is 0 Å². The first-order chi connectivity index (χ1) is 7.74. The molecule has 2 N–H and O–H groups in total. The quantitative estimate of drug-likeness (QED) is 0.903. The highest BCUT2D eigenvalue weighted by Gasteiger charge is 2.25. The molecular formula is C12H16Cl2N2. The summed E-state index contributed by atoms with van der Waals surface area (Å²) in [5.74, 6) is 0. The maximum absolute atomic E-state index is 6.21. The number of rotatable bonds is 3. The average molecular weight is 259 g/mol. The number of likely N-dealkylation sites (tertiary alicyclic amines) is 1. The van der Waals surface area contributed by atoms with E-state index in [0.29, 0.717) is 6.54 Å². The van der Waals surface area contributed by atoms with Crippen molar-refractivity contribution < 1.29 is 0 Å². The molecule has 0 saturated carbocycles. The molecule has 1 heterocycles. The fourth-order valence-electron chi connectivity index (χ4n) is 2.33. The van der Waals surface area contributed by atoms with Crippen LogP contribution in [0.2, 0.25) is 10.0 Å². The summed E-state index contributed by atoms with van der Waals surface area (Å²) in [5.41, 5.74) is 6.85. The lowest BCUT2D eigenvalue weighted by molar-refractivity contribution is 0.251. The molecular weight excluding hydrogens is 243 g/mol. The van der Waals surface area contributed by atoms with Crippen molar-refractivity contribution in [1.82, 2.24) is 4.90 Å². The van der Waals surface area contributed by atoms with Gasteiger partial charge in [-0.05, 0) is 38.1 Å². The first kappa shape index (κ1) is 12.2. The first-order valence-electron chi connectivity index (χ1n) is 5.62. The fourth-order valence-corrected chi connectivity index (χ4v) is 2.98. The van der Waals surface area contributed by atoms with Gasteiger partial charge >= 0.3 is 0 Å². The molecule has 1 aromatic carbocycles. The zero-order valence-corrected chi connectivity index (χ0v) is 10.6. The zero-order valence-electron chi connectivity index (χ0n) is 9.13. The maximum Gasteiger partial charge on any atom is 0.0500 e. The summed E-state index contributed by atoms with van der Waals surface area (Å²) in [4.78, 5) is 2.37. The molecule has 0 aromatic heterocycles. The zero-order chi connectivity index (χ0) is 11.5. The summed E-state index contributed by atoms with van der Waals surface area (Å²) in [6.07, 6.45) is 2.47. The van der Waals surface area contributed by atoms with E-state index in [0.717, 1.165) is 28.7 Å². The van der Waals surface area contributed by atoms with Gasteiger partial charge in [0.05, 0.1) is 0 Å². The van der Waals surface area contributed by atoms with E-state index in [2.05, 4.69) is 4.90 Å². The molecule has 16 heavy (non-hydrogen) atoms. The largest absolute Gasteiger partial charge is 0.329 e. The summed E-state index contributed by atoms with van der Waals surface area (Å²) in [6.45, 7) is 2.73. The van der Waals surface area contributed by atoms with Crippen molar-refractivity contribution in [1.29, 1.82) is 0 Å². The van der Waals surface area contributed by atoms with Crippen LogP contribution in [0.15, 0.2) is 18.2 Å². The van der Waals surface area contributed by atoms with E-state index in [4.69, 9.17) is 28.9 Å². The predicted octanol–water partition coefficient (Wildman–Crippen LogP) is 3.09. The lowest BCUT2D eigenvalue weighted by Gasteiger charge is -2.28. The van der Waals surface area contributed by atoms with Gasteiger partial charge in [-0.25, -0.2) is 0 Å². The number of hydrogen-bond acceptors (Lipinski definition) is 2. The highest BCUT2D eigenvalue weighted by atomic mass is 35.5. The molecule has 1 unspecified atom stereocenters. The van der Waals surface area contributed by atoms with Crippen LogP contribution in [0.4, 0.5) is 0 Å². The number of nitrogens with two attached hydrogens (primary N) is 1. The molecule has 0 radical (unpaired) electrons. The van der Waals surface area contributed by atoms with Crippen LogP contribution in [-0.2, 0) is 0 Å². The van der Waals surface area contributed by atoms with E-state index >= 15 is 0 Å². The normalized spacial score (nSPS) is 18.9. The molecule has 1 saturated heterocycles. The third-order valence-electron chi connectivity index (χ3n) is 3.14.